The minimum Gasteiger partial charge on any atom is -0.429 e. The maximum absolute atomic E-state index is 13.3. The van der Waals surface area contributed by atoms with Crippen molar-refractivity contribution in [1.82, 2.24) is 0 Å². The molecule has 0 heterocycles. The third kappa shape index (κ3) is 6.48. The van der Waals surface area contributed by atoms with Gasteiger partial charge in [0.25, 0.3) is 6.08 Å². The van der Waals surface area contributed by atoms with Crippen LogP contribution >= 0.6 is 0 Å². The van der Waals surface area contributed by atoms with Crippen LogP contribution in [0, 0.1) is 17.8 Å². The van der Waals surface area contributed by atoms with E-state index in [-0.39, 0.29) is 5.75 Å². The Morgan fingerprint density at radius 2 is 1.48 bits per heavy atom. The van der Waals surface area contributed by atoms with Gasteiger partial charge in [-0.3, -0.25) is 0 Å². The molecule has 0 saturated heterocycles. The molecular formula is C24H32F4O. The van der Waals surface area contributed by atoms with Crippen LogP contribution in [0.25, 0.3) is 0 Å². The molecular weight excluding hydrogens is 380 g/mol. The van der Waals surface area contributed by atoms with Gasteiger partial charge >= 0.3 is 6.11 Å². The van der Waals surface area contributed by atoms with Crippen molar-refractivity contribution in [1.29, 1.82) is 0 Å². The van der Waals surface area contributed by atoms with Crippen molar-refractivity contribution >= 4 is 0 Å². The molecule has 0 aromatic heterocycles. The van der Waals surface area contributed by atoms with Crippen molar-refractivity contribution in [3.63, 3.8) is 0 Å². The van der Waals surface area contributed by atoms with E-state index in [4.69, 9.17) is 0 Å². The number of hydrogen-bond acceptors (Lipinski definition) is 1. The Labute approximate surface area is 171 Å². The van der Waals surface area contributed by atoms with Crippen LogP contribution in [0.2, 0.25) is 0 Å². The Hall–Kier alpha value is -1.52. The first-order valence-electron chi connectivity index (χ1n) is 11.1. The van der Waals surface area contributed by atoms with Gasteiger partial charge in [0.15, 0.2) is 0 Å². The van der Waals surface area contributed by atoms with Crippen LogP contribution < -0.4 is 4.74 Å². The average Bonchev–Trinajstić information content (AvgIpc) is 2.68. The molecule has 1 aromatic carbocycles. The predicted octanol–water partition coefficient (Wildman–Crippen LogP) is 8.32. The van der Waals surface area contributed by atoms with Crippen LogP contribution in [-0.2, 0) is 0 Å². The van der Waals surface area contributed by atoms with Crippen LogP contribution in [0.15, 0.2) is 36.4 Å². The Morgan fingerprint density at radius 1 is 0.931 bits per heavy atom. The van der Waals surface area contributed by atoms with E-state index in [0.717, 1.165) is 36.2 Å². The largest absolute Gasteiger partial charge is 0.429 e. The summed E-state index contributed by atoms with van der Waals surface area (Å²) in [5.41, 5.74) is 1.12. The highest BCUT2D eigenvalue weighted by Gasteiger charge is 2.32. The van der Waals surface area contributed by atoms with Crippen LogP contribution in [0.1, 0.15) is 82.6 Å². The Morgan fingerprint density at radius 3 is 2.00 bits per heavy atom. The molecule has 3 rings (SSSR count). The molecule has 0 spiro atoms. The summed E-state index contributed by atoms with van der Waals surface area (Å²) in [5, 5.41) is 0. The quantitative estimate of drug-likeness (QED) is 0.409. The van der Waals surface area contributed by atoms with E-state index in [9.17, 15) is 17.6 Å². The average molecular weight is 413 g/mol. The minimum absolute atomic E-state index is 0.103. The molecule has 1 aromatic rings. The summed E-state index contributed by atoms with van der Waals surface area (Å²) in [6, 6.07) is 6.49. The zero-order chi connectivity index (χ0) is 20.9. The predicted molar refractivity (Wildman–Crippen MR) is 107 cm³/mol. The third-order valence-electron chi connectivity index (χ3n) is 6.91. The highest BCUT2D eigenvalue weighted by molar-refractivity contribution is 5.30. The normalized spacial score (nSPS) is 28.0. The lowest BCUT2D eigenvalue weighted by molar-refractivity contribution is -0.133. The molecule has 0 aliphatic heterocycles. The van der Waals surface area contributed by atoms with Crippen LogP contribution in [0.5, 0.6) is 5.75 Å². The molecule has 0 radical (unpaired) electrons. The first-order valence-corrected chi connectivity index (χ1v) is 11.1. The fourth-order valence-corrected chi connectivity index (χ4v) is 5.40. The van der Waals surface area contributed by atoms with Gasteiger partial charge < -0.3 is 4.74 Å². The van der Waals surface area contributed by atoms with Crippen molar-refractivity contribution in [2.45, 2.75) is 83.2 Å². The summed E-state index contributed by atoms with van der Waals surface area (Å²) in [6.07, 6.45) is 6.04. The fourth-order valence-electron chi connectivity index (χ4n) is 5.40. The first-order chi connectivity index (χ1) is 13.9. The molecule has 0 amide bonds. The standard InChI is InChI=1S/C24H32F4O/c1-2-3-17-4-6-18(7-5-17)19-8-10-20(11-9-19)21-12-14-22(15-13-21)29-24(27,28)16-23(25)26/h12-20H,2-11H2,1H3. The lowest BCUT2D eigenvalue weighted by Crippen LogP contribution is -2.25. The van der Waals surface area contributed by atoms with Gasteiger partial charge in [-0.05, 0) is 79.9 Å². The third-order valence-corrected chi connectivity index (χ3v) is 6.91. The van der Waals surface area contributed by atoms with Crippen LogP contribution in [0.4, 0.5) is 17.6 Å². The molecule has 2 fully saturated rings. The minimum atomic E-state index is -4.01. The number of rotatable bonds is 7. The topological polar surface area (TPSA) is 9.23 Å². The molecule has 0 bridgehead atoms. The van der Waals surface area contributed by atoms with Crippen molar-refractivity contribution in [3.8, 4) is 5.75 Å². The van der Waals surface area contributed by atoms with Crippen molar-refractivity contribution in [2.75, 3.05) is 0 Å². The second-order valence-corrected chi connectivity index (χ2v) is 8.85. The van der Waals surface area contributed by atoms with Crippen LogP contribution in [0.3, 0.4) is 0 Å². The second-order valence-electron chi connectivity index (χ2n) is 8.85. The molecule has 0 unspecified atom stereocenters. The van der Waals surface area contributed by atoms with Gasteiger partial charge in [-0.25, -0.2) is 0 Å². The highest BCUT2D eigenvalue weighted by atomic mass is 19.3. The van der Waals surface area contributed by atoms with Gasteiger partial charge in [-0.15, -0.1) is 0 Å². The number of benzene rings is 1. The number of halogens is 4. The van der Waals surface area contributed by atoms with E-state index in [2.05, 4.69) is 11.7 Å². The van der Waals surface area contributed by atoms with Gasteiger partial charge in [0.1, 0.15) is 5.75 Å². The van der Waals surface area contributed by atoms with Gasteiger partial charge in [-0.1, -0.05) is 44.7 Å². The smallest absolute Gasteiger partial charge is 0.425 e. The fraction of sp³-hybridized carbons (Fsp3) is 0.667. The highest BCUT2D eigenvalue weighted by Crippen LogP contribution is 2.44. The number of ether oxygens (including phenoxy) is 1. The van der Waals surface area contributed by atoms with Crippen LogP contribution in [-0.4, -0.2) is 6.11 Å². The van der Waals surface area contributed by atoms with E-state index >= 15 is 0 Å². The molecule has 2 aliphatic carbocycles. The van der Waals surface area contributed by atoms with Gasteiger partial charge in [0, 0.05) is 0 Å². The first kappa shape index (κ1) is 22.2. The molecule has 0 atom stereocenters. The molecule has 162 valence electrons. The summed E-state index contributed by atoms with van der Waals surface area (Å²) >= 11 is 0. The van der Waals surface area contributed by atoms with E-state index in [1.54, 1.807) is 12.1 Å². The second kappa shape index (κ2) is 9.99. The zero-order valence-corrected chi connectivity index (χ0v) is 17.2. The summed E-state index contributed by atoms with van der Waals surface area (Å²) < 4.78 is 55.2. The van der Waals surface area contributed by atoms with E-state index in [0.29, 0.717) is 5.92 Å². The maximum Gasteiger partial charge on any atom is 0.425 e. The Balaban J connectivity index is 1.48. The van der Waals surface area contributed by atoms with E-state index < -0.39 is 18.3 Å². The van der Waals surface area contributed by atoms with Crippen molar-refractivity contribution in [2.24, 2.45) is 17.8 Å². The SMILES string of the molecule is CCCC1CCC(C2CCC(c3ccc(OC(F)(F)C=C(F)F)cc3)CC2)CC1. The molecule has 1 nitrogen and oxygen atoms in total. The monoisotopic (exact) mass is 412 g/mol. The van der Waals surface area contributed by atoms with Gasteiger partial charge in [-0.2, -0.15) is 17.6 Å². The molecule has 5 heteroatoms. The number of hydrogen-bond donors (Lipinski definition) is 0. The zero-order valence-electron chi connectivity index (χ0n) is 17.2. The molecule has 2 aliphatic rings. The van der Waals surface area contributed by atoms with Gasteiger partial charge in [0.05, 0.1) is 6.08 Å². The number of alkyl halides is 2. The summed E-state index contributed by atoms with van der Waals surface area (Å²) in [4.78, 5) is 0. The maximum atomic E-state index is 13.3. The Kier molecular flexibility index (Phi) is 7.64. The summed E-state index contributed by atoms with van der Waals surface area (Å²) in [7, 11) is 0. The van der Waals surface area contributed by atoms with Crippen molar-refractivity contribution < 1.29 is 22.3 Å². The molecule has 29 heavy (non-hydrogen) atoms. The van der Waals surface area contributed by atoms with E-state index in [1.807, 2.05) is 0 Å². The summed E-state index contributed by atoms with van der Waals surface area (Å²) in [6.45, 7) is 2.28. The van der Waals surface area contributed by atoms with Crippen molar-refractivity contribution in [3.05, 3.63) is 42.0 Å². The summed E-state index contributed by atoms with van der Waals surface area (Å²) in [5.74, 6) is 3.00. The van der Waals surface area contributed by atoms with E-state index in [1.165, 1.54) is 63.5 Å². The Bertz CT molecular complexity index is 650. The molecule has 0 N–H and O–H groups in total. The lowest BCUT2D eigenvalue weighted by Gasteiger charge is -2.38. The van der Waals surface area contributed by atoms with Gasteiger partial charge in [0.2, 0.25) is 0 Å². The molecule has 2 saturated carbocycles. The lowest BCUT2D eigenvalue weighted by atomic mass is 9.68.